The molecule has 11 heavy (non-hydrogen) atoms. The van der Waals surface area contributed by atoms with Crippen molar-refractivity contribution in [1.82, 2.24) is 4.37 Å². The molecule has 2 rings (SSSR count). The van der Waals surface area contributed by atoms with Gasteiger partial charge in [0.1, 0.15) is 11.5 Å². The van der Waals surface area contributed by atoms with Crippen LogP contribution >= 0.6 is 11.5 Å². The van der Waals surface area contributed by atoms with Crippen molar-refractivity contribution in [3.63, 3.8) is 0 Å². The number of halogens is 1. The molecule has 0 amide bonds. The third kappa shape index (κ3) is 0.991. The molecule has 1 aliphatic carbocycles. The van der Waals surface area contributed by atoms with Crippen LogP contribution in [-0.4, -0.2) is 10.2 Å². The average Bonchev–Trinajstić information content (AvgIpc) is 2.34. The highest BCUT2D eigenvalue weighted by molar-refractivity contribution is 7.04. The van der Waals surface area contributed by atoms with E-state index in [2.05, 4.69) is 4.37 Å². The SMILES string of the molecule is O=C1CC(F)=Cc2csnc21. The van der Waals surface area contributed by atoms with Crippen molar-refractivity contribution in [3.05, 3.63) is 22.5 Å². The molecule has 1 aliphatic rings. The van der Waals surface area contributed by atoms with E-state index >= 15 is 0 Å². The average molecular weight is 169 g/mol. The summed E-state index contributed by atoms with van der Waals surface area (Å²) in [5.74, 6) is -0.594. The fourth-order valence-electron chi connectivity index (χ4n) is 1.02. The number of allylic oxidation sites excluding steroid dienone is 1. The van der Waals surface area contributed by atoms with Gasteiger partial charge >= 0.3 is 0 Å². The number of Topliss-reactive ketones (excluding diaryl/α,β-unsaturated/α-hetero) is 1. The maximum absolute atomic E-state index is 12.6. The van der Waals surface area contributed by atoms with Crippen molar-refractivity contribution in [2.75, 3.05) is 0 Å². The van der Waals surface area contributed by atoms with Crippen LogP contribution in [0.4, 0.5) is 4.39 Å². The fraction of sp³-hybridized carbons (Fsp3) is 0.143. The summed E-state index contributed by atoms with van der Waals surface area (Å²) in [6.07, 6.45) is 1.23. The molecule has 4 heteroatoms. The molecule has 0 N–H and O–H groups in total. The first-order valence-corrected chi connectivity index (χ1v) is 3.94. The van der Waals surface area contributed by atoms with Crippen molar-refractivity contribution in [2.24, 2.45) is 0 Å². The van der Waals surface area contributed by atoms with E-state index in [0.29, 0.717) is 11.3 Å². The van der Waals surface area contributed by atoms with Crippen LogP contribution < -0.4 is 0 Å². The maximum atomic E-state index is 12.6. The Hall–Kier alpha value is -1.03. The van der Waals surface area contributed by atoms with E-state index < -0.39 is 0 Å². The zero-order chi connectivity index (χ0) is 7.84. The largest absolute Gasteiger partial charge is 0.292 e. The molecule has 0 aliphatic heterocycles. The Morgan fingerprint density at radius 3 is 3.27 bits per heavy atom. The Bertz CT molecular complexity index is 342. The smallest absolute Gasteiger partial charge is 0.189 e. The van der Waals surface area contributed by atoms with Crippen LogP contribution in [0.3, 0.4) is 0 Å². The van der Waals surface area contributed by atoms with Gasteiger partial charge in [-0.15, -0.1) is 0 Å². The van der Waals surface area contributed by atoms with E-state index in [1.165, 1.54) is 17.6 Å². The van der Waals surface area contributed by atoms with Crippen LogP contribution in [0, 0.1) is 0 Å². The van der Waals surface area contributed by atoms with Gasteiger partial charge in [-0.05, 0) is 17.6 Å². The van der Waals surface area contributed by atoms with Crippen LogP contribution in [0.2, 0.25) is 0 Å². The quantitative estimate of drug-likeness (QED) is 0.594. The maximum Gasteiger partial charge on any atom is 0.189 e. The molecule has 0 fully saturated rings. The van der Waals surface area contributed by atoms with Gasteiger partial charge in [0.05, 0.1) is 6.42 Å². The molecule has 0 spiro atoms. The van der Waals surface area contributed by atoms with E-state index in [9.17, 15) is 9.18 Å². The molecular weight excluding hydrogens is 165 g/mol. The molecule has 0 aromatic carbocycles. The van der Waals surface area contributed by atoms with Crippen molar-refractivity contribution < 1.29 is 9.18 Å². The van der Waals surface area contributed by atoms with E-state index in [4.69, 9.17) is 0 Å². The van der Waals surface area contributed by atoms with Gasteiger partial charge < -0.3 is 0 Å². The second-order valence-electron chi connectivity index (χ2n) is 2.31. The lowest BCUT2D eigenvalue weighted by atomic mass is 10.0. The summed E-state index contributed by atoms with van der Waals surface area (Å²) in [4.78, 5) is 11.0. The number of carbonyl (C=O) groups excluding carboxylic acids is 1. The normalized spacial score (nSPS) is 16.1. The third-order valence-corrected chi connectivity index (χ3v) is 2.15. The summed E-state index contributed by atoms with van der Waals surface area (Å²) in [5, 5.41) is 1.67. The summed E-state index contributed by atoms with van der Waals surface area (Å²) >= 11 is 1.18. The standard InChI is InChI=1S/C7H4FNOS/c8-5-1-4-3-11-9-7(4)6(10)2-5/h1,3H,2H2. The second-order valence-corrected chi connectivity index (χ2v) is 2.94. The number of rotatable bonds is 0. The first-order valence-electron chi connectivity index (χ1n) is 3.11. The predicted molar refractivity (Wildman–Crippen MR) is 40.1 cm³/mol. The zero-order valence-corrected chi connectivity index (χ0v) is 6.32. The van der Waals surface area contributed by atoms with Crippen LogP contribution in [0.25, 0.3) is 6.08 Å². The molecule has 56 valence electrons. The van der Waals surface area contributed by atoms with Crippen molar-refractivity contribution >= 4 is 23.4 Å². The molecule has 0 bridgehead atoms. The number of nitrogens with zero attached hydrogens (tertiary/aromatic N) is 1. The van der Waals surface area contributed by atoms with E-state index in [0.717, 1.165) is 0 Å². The third-order valence-electron chi connectivity index (χ3n) is 1.50. The summed E-state index contributed by atoms with van der Waals surface area (Å²) in [7, 11) is 0. The summed E-state index contributed by atoms with van der Waals surface area (Å²) < 4.78 is 16.5. The first-order chi connectivity index (χ1) is 5.27. The predicted octanol–water partition coefficient (Wildman–Crippen LogP) is 2.04. The van der Waals surface area contributed by atoms with Gasteiger partial charge in [0.2, 0.25) is 0 Å². The minimum absolute atomic E-state index is 0.128. The minimum atomic E-state index is -0.372. The highest BCUT2D eigenvalue weighted by atomic mass is 32.1. The lowest BCUT2D eigenvalue weighted by Gasteiger charge is -2.02. The fourth-order valence-corrected chi connectivity index (χ4v) is 1.67. The number of hydrogen-bond acceptors (Lipinski definition) is 3. The number of ketones is 1. The lowest BCUT2D eigenvalue weighted by Crippen LogP contribution is -2.05. The second kappa shape index (κ2) is 2.23. The molecule has 1 aromatic heterocycles. The monoisotopic (exact) mass is 169 g/mol. The Balaban J connectivity index is 2.60. The number of fused-ring (bicyclic) bond motifs is 1. The molecular formula is C7H4FNOS. The summed E-state index contributed by atoms with van der Waals surface area (Å²) in [6.45, 7) is 0. The molecule has 0 atom stereocenters. The number of hydrogen-bond donors (Lipinski definition) is 0. The van der Waals surface area contributed by atoms with Crippen LogP contribution in [-0.2, 0) is 0 Å². The van der Waals surface area contributed by atoms with Gasteiger partial charge in [-0.2, -0.15) is 4.37 Å². The van der Waals surface area contributed by atoms with Crippen LogP contribution in [0.15, 0.2) is 11.2 Å². The van der Waals surface area contributed by atoms with Crippen LogP contribution in [0.1, 0.15) is 22.5 Å². The molecule has 2 nitrogen and oxygen atoms in total. The topological polar surface area (TPSA) is 30.0 Å². The van der Waals surface area contributed by atoms with Gasteiger partial charge in [-0.1, -0.05) is 0 Å². The Kier molecular flexibility index (Phi) is 1.35. The van der Waals surface area contributed by atoms with Gasteiger partial charge in [0.15, 0.2) is 5.78 Å². The molecule has 0 saturated heterocycles. The lowest BCUT2D eigenvalue weighted by molar-refractivity contribution is 0.0981. The molecule has 0 saturated carbocycles. The summed E-state index contributed by atoms with van der Waals surface area (Å²) in [6, 6.07) is 0. The number of carbonyl (C=O) groups is 1. The van der Waals surface area contributed by atoms with E-state index in [1.807, 2.05) is 0 Å². The number of aromatic nitrogens is 1. The Morgan fingerprint density at radius 2 is 2.45 bits per heavy atom. The van der Waals surface area contributed by atoms with Crippen molar-refractivity contribution in [1.29, 1.82) is 0 Å². The van der Waals surface area contributed by atoms with Crippen molar-refractivity contribution in [2.45, 2.75) is 6.42 Å². The first kappa shape index (κ1) is 6.67. The summed E-state index contributed by atoms with van der Waals surface area (Å²) in [5.41, 5.74) is 1.03. The van der Waals surface area contributed by atoms with Crippen LogP contribution in [0.5, 0.6) is 0 Å². The van der Waals surface area contributed by atoms with Gasteiger partial charge in [0, 0.05) is 10.9 Å². The Labute approximate surface area is 66.5 Å². The molecule has 0 radical (unpaired) electrons. The van der Waals surface area contributed by atoms with Gasteiger partial charge in [-0.3, -0.25) is 4.79 Å². The van der Waals surface area contributed by atoms with Gasteiger partial charge in [0.25, 0.3) is 0 Å². The van der Waals surface area contributed by atoms with E-state index in [1.54, 1.807) is 5.38 Å². The molecule has 0 unspecified atom stereocenters. The van der Waals surface area contributed by atoms with Crippen molar-refractivity contribution in [3.8, 4) is 0 Å². The highest BCUT2D eigenvalue weighted by Gasteiger charge is 2.20. The highest BCUT2D eigenvalue weighted by Crippen LogP contribution is 2.24. The Morgan fingerprint density at radius 1 is 1.64 bits per heavy atom. The minimum Gasteiger partial charge on any atom is -0.292 e. The molecule has 1 aromatic rings. The van der Waals surface area contributed by atoms with E-state index in [-0.39, 0.29) is 18.0 Å². The van der Waals surface area contributed by atoms with Gasteiger partial charge in [-0.25, -0.2) is 4.39 Å². The molecule has 1 heterocycles. The zero-order valence-electron chi connectivity index (χ0n) is 5.50.